The Bertz CT molecular complexity index is 1960. The molecule has 1 aliphatic rings. The van der Waals surface area contributed by atoms with Crippen molar-refractivity contribution in [3.8, 4) is 68.4 Å². The Hall–Kier alpha value is -5.84. The zero-order valence-corrected chi connectivity index (χ0v) is 20.8. The number of phenols is 7. The number of carbonyl (C=O) groups is 1. The van der Waals surface area contributed by atoms with E-state index in [0.717, 1.165) is 30.3 Å². The Balaban J connectivity index is 1.63. The molecule has 0 unspecified atom stereocenters. The highest BCUT2D eigenvalue weighted by molar-refractivity contribution is 6.07. The van der Waals surface area contributed by atoms with Gasteiger partial charge in [-0.1, -0.05) is 12.1 Å². The molecule has 0 fully saturated rings. The molecule has 0 spiro atoms. The van der Waals surface area contributed by atoms with Crippen LogP contribution in [0.25, 0.3) is 33.4 Å². The predicted molar refractivity (Wildman–Crippen MR) is 144 cm³/mol. The van der Waals surface area contributed by atoms with Gasteiger partial charge in [0.1, 0.15) is 62.9 Å². The van der Waals surface area contributed by atoms with Crippen LogP contribution in [-0.2, 0) is 0 Å². The van der Waals surface area contributed by atoms with E-state index in [9.17, 15) is 45.3 Å². The molecule has 11 nitrogen and oxygen atoms in total. The maximum atomic E-state index is 13.2. The number of Topliss-reactive ketones (excluding diaryl/α,β-unsaturated/α-hetero) is 1. The third-order valence-corrected chi connectivity index (χ3v) is 6.88. The molecule has 0 radical (unpaired) electrons. The van der Waals surface area contributed by atoms with Crippen LogP contribution >= 0.6 is 0 Å². The molecular formula is C30H20O11. The highest BCUT2D eigenvalue weighted by atomic mass is 16.5. The summed E-state index contributed by atoms with van der Waals surface area (Å²) in [6, 6.07) is 12.2. The Morgan fingerprint density at radius 2 is 1.37 bits per heavy atom. The minimum absolute atomic E-state index is 0.0138. The number of carbonyl (C=O) groups excluding carboxylic acids is 1. The van der Waals surface area contributed by atoms with Crippen molar-refractivity contribution in [2.75, 3.05) is 0 Å². The SMILES string of the molecule is O=C1C[C@@H](c2ccc(O)cc2)Oc2c1c(O)cc(O)c2-c1c(-c2cc(=O)c3c(O)cc(O)cc3o2)ccc(O)c1O. The van der Waals surface area contributed by atoms with Gasteiger partial charge in [0.2, 0.25) is 0 Å². The first-order chi connectivity index (χ1) is 19.5. The molecule has 1 atom stereocenters. The number of benzene rings is 4. The number of ether oxygens (including phenoxy) is 1. The van der Waals surface area contributed by atoms with Gasteiger partial charge in [0, 0.05) is 35.4 Å². The quantitative estimate of drug-likeness (QED) is 0.151. The lowest BCUT2D eigenvalue weighted by atomic mass is 9.88. The maximum absolute atomic E-state index is 13.2. The molecule has 1 aliphatic heterocycles. The van der Waals surface area contributed by atoms with Crippen LogP contribution in [0.3, 0.4) is 0 Å². The van der Waals surface area contributed by atoms with Crippen molar-refractivity contribution in [1.29, 1.82) is 0 Å². The van der Waals surface area contributed by atoms with Crippen molar-refractivity contribution < 1.29 is 49.7 Å². The van der Waals surface area contributed by atoms with Crippen LogP contribution < -0.4 is 10.2 Å². The van der Waals surface area contributed by atoms with E-state index < -0.39 is 46.1 Å². The fraction of sp³-hybridized carbons (Fsp3) is 0.0667. The minimum Gasteiger partial charge on any atom is -0.508 e. The summed E-state index contributed by atoms with van der Waals surface area (Å²) < 4.78 is 11.9. The molecular weight excluding hydrogens is 536 g/mol. The van der Waals surface area contributed by atoms with E-state index in [1.165, 1.54) is 30.3 Å². The van der Waals surface area contributed by atoms with Gasteiger partial charge >= 0.3 is 0 Å². The first kappa shape index (κ1) is 25.4. The van der Waals surface area contributed by atoms with Crippen LogP contribution in [0.2, 0.25) is 0 Å². The van der Waals surface area contributed by atoms with E-state index in [4.69, 9.17) is 9.15 Å². The number of aromatic hydroxyl groups is 7. The second-order valence-electron chi connectivity index (χ2n) is 9.49. The van der Waals surface area contributed by atoms with Gasteiger partial charge in [-0.15, -0.1) is 0 Å². The zero-order chi connectivity index (χ0) is 29.2. The molecule has 41 heavy (non-hydrogen) atoms. The molecule has 0 bridgehead atoms. The Morgan fingerprint density at radius 3 is 2.10 bits per heavy atom. The Kier molecular flexibility index (Phi) is 5.66. The normalized spacial score (nSPS) is 14.5. The number of ketones is 1. The highest BCUT2D eigenvalue weighted by Crippen LogP contribution is 2.55. The van der Waals surface area contributed by atoms with Crippen LogP contribution in [0.15, 0.2) is 69.9 Å². The fourth-order valence-electron chi connectivity index (χ4n) is 5.01. The van der Waals surface area contributed by atoms with Crippen molar-refractivity contribution in [2.24, 2.45) is 0 Å². The van der Waals surface area contributed by atoms with Gasteiger partial charge in [0.05, 0.1) is 12.0 Å². The number of phenolic OH excluding ortho intramolecular Hbond substituents is 7. The largest absolute Gasteiger partial charge is 0.508 e. The van der Waals surface area contributed by atoms with Crippen molar-refractivity contribution in [3.05, 3.63) is 82.0 Å². The zero-order valence-electron chi connectivity index (χ0n) is 20.8. The maximum Gasteiger partial charge on any atom is 0.197 e. The van der Waals surface area contributed by atoms with E-state index in [0.29, 0.717) is 5.56 Å². The number of hydrogen-bond acceptors (Lipinski definition) is 11. The van der Waals surface area contributed by atoms with Gasteiger partial charge in [0.25, 0.3) is 0 Å². The summed E-state index contributed by atoms with van der Waals surface area (Å²) in [7, 11) is 0. The number of hydrogen-bond donors (Lipinski definition) is 7. The summed E-state index contributed by atoms with van der Waals surface area (Å²) in [5.41, 5.74) is -1.32. The highest BCUT2D eigenvalue weighted by Gasteiger charge is 2.36. The number of fused-ring (bicyclic) bond motifs is 2. The molecule has 7 N–H and O–H groups in total. The lowest BCUT2D eigenvalue weighted by molar-refractivity contribution is 0.0846. The lowest BCUT2D eigenvalue weighted by Crippen LogP contribution is -2.21. The Morgan fingerprint density at radius 1 is 0.659 bits per heavy atom. The summed E-state index contributed by atoms with van der Waals surface area (Å²) in [4.78, 5) is 26.2. The third kappa shape index (κ3) is 4.07. The summed E-state index contributed by atoms with van der Waals surface area (Å²) in [6.07, 6.45) is -1.11. The molecule has 1 aromatic heterocycles. The Labute approximate surface area is 229 Å². The van der Waals surface area contributed by atoms with Crippen LogP contribution in [-0.4, -0.2) is 41.5 Å². The lowest BCUT2D eigenvalue weighted by Gasteiger charge is -2.29. The van der Waals surface area contributed by atoms with Crippen LogP contribution in [0.5, 0.6) is 46.0 Å². The van der Waals surface area contributed by atoms with Gasteiger partial charge in [0.15, 0.2) is 22.7 Å². The molecule has 0 amide bonds. The van der Waals surface area contributed by atoms with Crippen LogP contribution in [0, 0.1) is 0 Å². The second-order valence-corrected chi connectivity index (χ2v) is 9.49. The smallest absolute Gasteiger partial charge is 0.197 e. The van der Waals surface area contributed by atoms with Crippen molar-refractivity contribution in [1.82, 2.24) is 0 Å². The van der Waals surface area contributed by atoms with Crippen LogP contribution in [0.4, 0.5) is 0 Å². The van der Waals surface area contributed by atoms with Crippen molar-refractivity contribution >= 4 is 16.8 Å². The average molecular weight is 556 g/mol. The van der Waals surface area contributed by atoms with E-state index in [2.05, 4.69) is 0 Å². The summed E-state index contributed by atoms with van der Waals surface area (Å²) in [6.45, 7) is 0. The van der Waals surface area contributed by atoms with E-state index in [1.54, 1.807) is 0 Å². The second kappa shape index (κ2) is 9.12. The topological polar surface area (TPSA) is 198 Å². The van der Waals surface area contributed by atoms with Crippen LogP contribution in [0.1, 0.15) is 28.4 Å². The monoisotopic (exact) mass is 556 g/mol. The van der Waals surface area contributed by atoms with Crippen molar-refractivity contribution in [3.63, 3.8) is 0 Å². The standard InChI is InChI=1S/C30H20O11/c31-13-3-1-12(2-4-13)22-10-21(38)27-18(35)9-19(36)28(30(27)41-22)25-15(5-6-16(33)29(25)39)23-11-20(37)26-17(34)7-14(32)8-24(26)40-23/h1-9,11,22,31-36,39H,10H2/t22-/m0/s1. The summed E-state index contributed by atoms with van der Waals surface area (Å²) in [5, 5.41) is 72.6. The predicted octanol–water partition coefficient (Wildman–Crippen LogP) is 4.77. The van der Waals surface area contributed by atoms with Gasteiger partial charge in [-0.25, -0.2) is 0 Å². The van der Waals surface area contributed by atoms with Gasteiger partial charge in [-0.05, 0) is 29.8 Å². The molecule has 206 valence electrons. The number of rotatable bonds is 3. The molecule has 0 saturated carbocycles. The minimum atomic E-state index is -0.914. The molecule has 11 heteroatoms. The van der Waals surface area contributed by atoms with Gasteiger partial charge < -0.3 is 44.9 Å². The van der Waals surface area contributed by atoms with Gasteiger partial charge in [-0.2, -0.15) is 0 Å². The van der Waals surface area contributed by atoms with E-state index in [-0.39, 0.29) is 62.7 Å². The molecule has 6 rings (SSSR count). The molecule has 0 saturated heterocycles. The van der Waals surface area contributed by atoms with Crippen molar-refractivity contribution in [2.45, 2.75) is 12.5 Å². The summed E-state index contributed by atoms with van der Waals surface area (Å²) in [5.74, 6) is -4.59. The average Bonchev–Trinajstić information content (AvgIpc) is 2.90. The summed E-state index contributed by atoms with van der Waals surface area (Å²) >= 11 is 0. The molecule has 5 aromatic rings. The third-order valence-electron chi connectivity index (χ3n) is 6.88. The van der Waals surface area contributed by atoms with Gasteiger partial charge in [-0.3, -0.25) is 9.59 Å². The molecule has 4 aromatic carbocycles. The first-order valence-corrected chi connectivity index (χ1v) is 12.2. The van der Waals surface area contributed by atoms with E-state index in [1.807, 2.05) is 0 Å². The fourth-order valence-corrected chi connectivity index (χ4v) is 5.01. The molecule has 2 heterocycles. The van der Waals surface area contributed by atoms with E-state index >= 15 is 0 Å². The molecule has 0 aliphatic carbocycles. The first-order valence-electron chi connectivity index (χ1n) is 12.2.